The molecule has 0 unspecified atom stereocenters. The van der Waals surface area contributed by atoms with E-state index in [0.29, 0.717) is 18.8 Å². The summed E-state index contributed by atoms with van der Waals surface area (Å²) in [4.78, 5) is 1.98. The number of nitrogens with zero attached hydrogens (tertiary/aromatic N) is 2. The van der Waals surface area contributed by atoms with Crippen LogP contribution < -0.4 is 4.90 Å². The minimum atomic E-state index is -3.47. The first kappa shape index (κ1) is 14.6. The molecule has 0 amide bonds. The lowest BCUT2D eigenvalue weighted by atomic mass is 10.2. The Bertz CT molecular complexity index is 636. The molecule has 0 spiro atoms. The predicted molar refractivity (Wildman–Crippen MR) is 77.9 cm³/mol. The fraction of sp³-hybridized carbons (Fsp3) is 0.357. The Labute approximate surface area is 119 Å². The average molecular weight is 292 g/mol. The third-order valence-electron chi connectivity index (χ3n) is 3.08. The van der Waals surface area contributed by atoms with Gasteiger partial charge in [-0.2, -0.15) is 5.26 Å². The summed E-state index contributed by atoms with van der Waals surface area (Å²) in [5, 5.41) is 8.86. The minimum absolute atomic E-state index is 0.225. The van der Waals surface area contributed by atoms with E-state index in [0.717, 1.165) is 25.0 Å². The number of hydrogen-bond acceptors (Lipinski definition) is 5. The third-order valence-corrected chi connectivity index (χ3v) is 4.08. The van der Waals surface area contributed by atoms with Crippen LogP contribution in [0, 0.1) is 11.3 Å². The molecule has 1 aliphatic heterocycles. The molecule has 0 saturated carbocycles. The van der Waals surface area contributed by atoms with Crippen molar-refractivity contribution in [1.29, 1.82) is 5.26 Å². The highest BCUT2D eigenvalue weighted by molar-refractivity contribution is 7.95. The molecule has 5 nitrogen and oxygen atoms in total. The molecule has 0 radical (unpaired) electrons. The first-order valence-corrected chi connectivity index (χ1v) is 8.14. The summed E-state index contributed by atoms with van der Waals surface area (Å²) in [6.07, 6.45) is 2.42. The van der Waals surface area contributed by atoms with E-state index in [1.54, 1.807) is 6.07 Å². The van der Waals surface area contributed by atoms with Crippen LogP contribution in [0.3, 0.4) is 0 Å². The summed E-state index contributed by atoms with van der Waals surface area (Å²) in [5.74, 6) is 0. The van der Waals surface area contributed by atoms with Gasteiger partial charge in [-0.05, 0) is 23.8 Å². The molecular formula is C14H16N2O3S. The Balaban J connectivity index is 2.20. The van der Waals surface area contributed by atoms with Gasteiger partial charge in [0.25, 0.3) is 0 Å². The summed E-state index contributed by atoms with van der Waals surface area (Å²) in [7, 11) is -3.47. The zero-order chi connectivity index (χ0) is 14.6. The molecular weight excluding hydrogens is 276 g/mol. The lowest BCUT2D eigenvalue weighted by Crippen LogP contribution is -2.36. The van der Waals surface area contributed by atoms with Gasteiger partial charge in [-0.15, -0.1) is 0 Å². The summed E-state index contributed by atoms with van der Waals surface area (Å²) >= 11 is 0. The van der Waals surface area contributed by atoms with Gasteiger partial charge in [0.15, 0.2) is 9.84 Å². The van der Waals surface area contributed by atoms with E-state index in [-0.39, 0.29) is 4.91 Å². The lowest BCUT2D eigenvalue weighted by Gasteiger charge is -2.28. The van der Waals surface area contributed by atoms with Crippen LogP contribution in [0.2, 0.25) is 0 Å². The van der Waals surface area contributed by atoms with E-state index >= 15 is 0 Å². The number of benzene rings is 1. The predicted octanol–water partition coefficient (Wildman–Crippen LogP) is 1.43. The van der Waals surface area contributed by atoms with Crippen LogP contribution in [0.25, 0.3) is 6.08 Å². The normalized spacial score (nSPS) is 16.8. The molecule has 20 heavy (non-hydrogen) atoms. The number of ether oxygens (including phenoxy) is 1. The quantitative estimate of drug-likeness (QED) is 0.788. The van der Waals surface area contributed by atoms with Crippen molar-refractivity contribution in [3.63, 3.8) is 0 Å². The van der Waals surface area contributed by atoms with Gasteiger partial charge in [0.1, 0.15) is 11.0 Å². The number of nitriles is 1. The van der Waals surface area contributed by atoms with Crippen LogP contribution >= 0.6 is 0 Å². The van der Waals surface area contributed by atoms with Crippen molar-refractivity contribution in [3.05, 3.63) is 34.7 Å². The minimum Gasteiger partial charge on any atom is -0.378 e. The fourth-order valence-electron chi connectivity index (χ4n) is 1.98. The van der Waals surface area contributed by atoms with E-state index in [1.165, 1.54) is 6.08 Å². The fourth-order valence-corrected chi connectivity index (χ4v) is 2.49. The van der Waals surface area contributed by atoms with Gasteiger partial charge in [-0.3, -0.25) is 0 Å². The van der Waals surface area contributed by atoms with E-state index in [9.17, 15) is 8.42 Å². The van der Waals surface area contributed by atoms with Crippen molar-refractivity contribution in [1.82, 2.24) is 0 Å². The van der Waals surface area contributed by atoms with Crippen molar-refractivity contribution >= 4 is 21.6 Å². The van der Waals surface area contributed by atoms with Crippen LogP contribution in [0.4, 0.5) is 5.69 Å². The van der Waals surface area contributed by atoms with E-state index in [4.69, 9.17) is 10.00 Å². The van der Waals surface area contributed by atoms with Crippen LogP contribution in [-0.2, 0) is 14.6 Å². The molecule has 1 aliphatic rings. The SMILES string of the molecule is CS(=O)(=O)C(C#N)=Cc1ccc(N2CCOCC2)cc1. The van der Waals surface area contributed by atoms with Gasteiger partial charge in [-0.1, -0.05) is 12.1 Å². The Morgan fingerprint density at radius 1 is 1.30 bits per heavy atom. The van der Waals surface area contributed by atoms with E-state index < -0.39 is 9.84 Å². The summed E-state index contributed by atoms with van der Waals surface area (Å²) < 4.78 is 28.0. The molecule has 0 aliphatic carbocycles. The highest BCUT2D eigenvalue weighted by atomic mass is 32.2. The van der Waals surface area contributed by atoms with E-state index in [2.05, 4.69) is 4.90 Å². The molecule has 0 aromatic heterocycles. The van der Waals surface area contributed by atoms with E-state index in [1.807, 2.05) is 24.3 Å². The van der Waals surface area contributed by atoms with Crippen LogP contribution in [0.15, 0.2) is 29.2 Å². The second-order valence-electron chi connectivity index (χ2n) is 4.58. The smallest absolute Gasteiger partial charge is 0.185 e. The summed E-state index contributed by atoms with van der Waals surface area (Å²) in [6.45, 7) is 3.13. The summed E-state index contributed by atoms with van der Waals surface area (Å²) in [6, 6.07) is 9.19. The Hall–Kier alpha value is -1.84. The summed E-state index contributed by atoms with van der Waals surface area (Å²) in [5.41, 5.74) is 1.77. The zero-order valence-corrected chi connectivity index (χ0v) is 12.1. The number of sulfone groups is 1. The molecule has 1 aromatic rings. The van der Waals surface area contributed by atoms with Crippen molar-refractivity contribution < 1.29 is 13.2 Å². The molecule has 1 heterocycles. The van der Waals surface area contributed by atoms with Gasteiger partial charge in [0, 0.05) is 25.0 Å². The Morgan fingerprint density at radius 3 is 2.40 bits per heavy atom. The van der Waals surface area contributed by atoms with Gasteiger partial charge in [0.05, 0.1) is 13.2 Å². The van der Waals surface area contributed by atoms with Crippen molar-refractivity contribution in [2.24, 2.45) is 0 Å². The highest BCUT2D eigenvalue weighted by Crippen LogP contribution is 2.18. The largest absolute Gasteiger partial charge is 0.378 e. The Morgan fingerprint density at radius 2 is 1.90 bits per heavy atom. The number of rotatable bonds is 3. The van der Waals surface area contributed by atoms with Crippen LogP contribution in [0.1, 0.15) is 5.56 Å². The van der Waals surface area contributed by atoms with Crippen molar-refractivity contribution in [2.75, 3.05) is 37.5 Å². The second-order valence-corrected chi connectivity index (χ2v) is 6.57. The monoisotopic (exact) mass is 292 g/mol. The molecule has 1 aromatic carbocycles. The highest BCUT2D eigenvalue weighted by Gasteiger charge is 2.12. The van der Waals surface area contributed by atoms with Gasteiger partial charge in [-0.25, -0.2) is 8.42 Å². The standard InChI is InChI=1S/C14H16N2O3S/c1-20(17,18)14(11-15)10-12-2-4-13(5-3-12)16-6-8-19-9-7-16/h2-5,10H,6-9H2,1H3. The van der Waals surface area contributed by atoms with Crippen molar-refractivity contribution in [3.8, 4) is 6.07 Å². The second kappa shape index (κ2) is 6.07. The van der Waals surface area contributed by atoms with Gasteiger partial charge in [0.2, 0.25) is 0 Å². The third kappa shape index (κ3) is 3.59. The first-order chi connectivity index (χ1) is 9.50. The topological polar surface area (TPSA) is 70.4 Å². The van der Waals surface area contributed by atoms with Gasteiger partial charge >= 0.3 is 0 Å². The molecule has 2 rings (SSSR count). The zero-order valence-electron chi connectivity index (χ0n) is 11.2. The van der Waals surface area contributed by atoms with Crippen molar-refractivity contribution in [2.45, 2.75) is 0 Å². The number of hydrogen-bond donors (Lipinski definition) is 0. The maximum atomic E-state index is 11.4. The van der Waals surface area contributed by atoms with Gasteiger partial charge < -0.3 is 9.64 Å². The molecule has 0 bridgehead atoms. The van der Waals surface area contributed by atoms with Crippen LogP contribution in [-0.4, -0.2) is 41.0 Å². The molecule has 1 fully saturated rings. The lowest BCUT2D eigenvalue weighted by molar-refractivity contribution is 0.122. The first-order valence-electron chi connectivity index (χ1n) is 6.25. The molecule has 1 saturated heterocycles. The maximum Gasteiger partial charge on any atom is 0.185 e. The molecule has 6 heteroatoms. The van der Waals surface area contributed by atoms with Crippen LogP contribution in [0.5, 0.6) is 0 Å². The number of allylic oxidation sites excluding steroid dienone is 1. The molecule has 0 N–H and O–H groups in total. The maximum absolute atomic E-state index is 11.4. The number of morpholine rings is 1. The average Bonchev–Trinajstić information content (AvgIpc) is 2.45. The number of anilines is 1. The molecule has 106 valence electrons. The Kier molecular flexibility index (Phi) is 4.42. The molecule has 0 atom stereocenters.